The molecule has 2 aliphatic rings. The molecule has 1 aromatic heterocycles. The fraction of sp³-hybridized carbons (Fsp3) is 0.308. The van der Waals surface area contributed by atoms with E-state index in [1.165, 1.54) is 25.0 Å². The maximum atomic E-state index is 12.4. The van der Waals surface area contributed by atoms with Crippen LogP contribution < -0.4 is 14.2 Å². The maximum Gasteiger partial charge on any atom is 0.379 e. The van der Waals surface area contributed by atoms with Crippen LogP contribution in [0.5, 0.6) is 17.2 Å². The number of aryl methyl sites for hydroxylation is 1. The quantitative estimate of drug-likeness (QED) is 0.249. The predicted molar refractivity (Wildman–Crippen MR) is 118 cm³/mol. The van der Waals surface area contributed by atoms with Crippen molar-refractivity contribution >= 4 is 11.9 Å². The monoisotopic (exact) mass is 448 g/mol. The highest BCUT2D eigenvalue weighted by Crippen LogP contribution is 2.30. The fourth-order valence-corrected chi connectivity index (χ4v) is 3.26. The van der Waals surface area contributed by atoms with Crippen molar-refractivity contribution < 1.29 is 33.0 Å². The number of ether oxygens (including phenoxy) is 4. The molecule has 0 bridgehead atoms. The van der Waals surface area contributed by atoms with Gasteiger partial charge in [0, 0.05) is 0 Å². The summed E-state index contributed by atoms with van der Waals surface area (Å²) in [5.74, 6) is 0.580. The molecule has 1 atom stereocenters. The summed E-state index contributed by atoms with van der Waals surface area (Å²) in [6, 6.07) is 16.9. The Hall–Kier alpha value is -3.58. The van der Waals surface area contributed by atoms with Gasteiger partial charge in [0.1, 0.15) is 17.2 Å². The van der Waals surface area contributed by atoms with Crippen molar-refractivity contribution in [1.29, 1.82) is 0 Å². The molecule has 0 radical (unpaired) electrons. The third-order valence-corrected chi connectivity index (χ3v) is 5.52. The van der Waals surface area contributed by atoms with Crippen molar-refractivity contribution in [2.45, 2.75) is 31.8 Å². The molecule has 3 aromatic rings. The van der Waals surface area contributed by atoms with E-state index in [1.807, 2.05) is 12.1 Å². The van der Waals surface area contributed by atoms with E-state index >= 15 is 0 Å². The van der Waals surface area contributed by atoms with Crippen LogP contribution in [0.25, 0.3) is 0 Å². The van der Waals surface area contributed by atoms with Gasteiger partial charge in [0.15, 0.2) is 0 Å². The summed E-state index contributed by atoms with van der Waals surface area (Å²) >= 11 is 0. The summed E-state index contributed by atoms with van der Waals surface area (Å²) in [5, 5.41) is 0. The number of esters is 2. The van der Waals surface area contributed by atoms with E-state index in [9.17, 15) is 9.59 Å². The molecule has 1 unspecified atom stereocenters. The van der Waals surface area contributed by atoms with Gasteiger partial charge in [-0.25, -0.2) is 9.59 Å². The van der Waals surface area contributed by atoms with E-state index in [-0.39, 0.29) is 11.5 Å². The first kappa shape index (κ1) is 21.3. The van der Waals surface area contributed by atoms with Gasteiger partial charge in [-0.3, -0.25) is 0 Å². The maximum absolute atomic E-state index is 12.4. The number of benzene rings is 2. The molecule has 2 fully saturated rings. The van der Waals surface area contributed by atoms with Gasteiger partial charge in [0.05, 0.1) is 19.3 Å². The Morgan fingerprint density at radius 2 is 1.33 bits per heavy atom. The number of hydrogen-bond donors (Lipinski definition) is 0. The average molecular weight is 448 g/mol. The molecule has 0 N–H and O–H groups in total. The molecule has 0 spiro atoms. The molecule has 1 aliphatic heterocycles. The molecule has 7 heteroatoms. The Morgan fingerprint density at radius 1 is 0.788 bits per heavy atom. The van der Waals surface area contributed by atoms with E-state index in [0.29, 0.717) is 30.1 Å². The number of epoxide rings is 1. The average Bonchev–Trinajstić information content (AvgIpc) is 3.77. The topological polar surface area (TPSA) is 87.5 Å². The zero-order valence-corrected chi connectivity index (χ0v) is 18.0. The molecule has 33 heavy (non-hydrogen) atoms. The van der Waals surface area contributed by atoms with Crippen LogP contribution in [0, 0.1) is 5.92 Å². The predicted octanol–water partition coefficient (Wildman–Crippen LogP) is 4.84. The first-order valence-electron chi connectivity index (χ1n) is 11.1. The lowest BCUT2D eigenvalue weighted by Gasteiger charge is -2.06. The van der Waals surface area contributed by atoms with Crippen LogP contribution in [0.4, 0.5) is 0 Å². The van der Waals surface area contributed by atoms with Gasteiger partial charge < -0.3 is 23.4 Å². The fourth-order valence-electron chi connectivity index (χ4n) is 3.26. The second kappa shape index (κ2) is 9.50. The van der Waals surface area contributed by atoms with Crippen molar-refractivity contribution in [3.05, 3.63) is 77.7 Å². The standard InChI is InChI=1S/C26H24O7/c27-25(31-20-6-3-17(4-7-20)5-8-22-16-30-22)23-13-14-24(33-23)26(28)32-21-11-9-19(10-12-21)29-15-18-1-2-18/h3-4,6-7,9-14,18,22H,1-2,5,8,15-16H2. The summed E-state index contributed by atoms with van der Waals surface area (Å²) in [5.41, 5.74) is 1.15. The van der Waals surface area contributed by atoms with Crippen molar-refractivity contribution in [2.24, 2.45) is 5.92 Å². The SMILES string of the molecule is O=C(Oc1ccc(CCC2CO2)cc1)c1ccc(C(=O)Oc2ccc(OCC3CC3)cc2)o1. The Morgan fingerprint density at radius 3 is 1.88 bits per heavy atom. The normalized spacial score (nSPS) is 16.8. The number of furan rings is 1. The molecule has 7 nitrogen and oxygen atoms in total. The second-order valence-electron chi connectivity index (χ2n) is 8.31. The third kappa shape index (κ3) is 6.02. The number of carbonyl (C=O) groups excluding carboxylic acids is 2. The van der Waals surface area contributed by atoms with Crippen LogP contribution in [-0.2, 0) is 11.2 Å². The molecule has 1 saturated heterocycles. The van der Waals surface area contributed by atoms with E-state index in [1.54, 1.807) is 36.4 Å². The van der Waals surface area contributed by atoms with Crippen molar-refractivity contribution in [1.82, 2.24) is 0 Å². The molecular weight excluding hydrogens is 424 g/mol. The van der Waals surface area contributed by atoms with Gasteiger partial charge in [-0.2, -0.15) is 0 Å². The van der Waals surface area contributed by atoms with Crippen LogP contribution in [-0.4, -0.2) is 31.3 Å². The number of rotatable bonds is 10. The highest BCUT2D eigenvalue weighted by molar-refractivity contribution is 5.92. The van der Waals surface area contributed by atoms with E-state index in [4.69, 9.17) is 23.4 Å². The Bertz CT molecular complexity index is 1020. The summed E-state index contributed by atoms with van der Waals surface area (Å²) < 4.78 is 26.9. The smallest absolute Gasteiger partial charge is 0.379 e. The van der Waals surface area contributed by atoms with Crippen LogP contribution >= 0.6 is 0 Å². The molecule has 1 aliphatic carbocycles. The number of hydrogen-bond acceptors (Lipinski definition) is 7. The Labute approximate surface area is 191 Å². The number of carbonyl (C=O) groups is 2. The van der Waals surface area contributed by atoms with Crippen molar-refractivity contribution in [3.8, 4) is 17.2 Å². The minimum Gasteiger partial charge on any atom is -0.493 e. The summed E-state index contributed by atoms with van der Waals surface area (Å²) in [7, 11) is 0. The largest absolute Gasteiger partial charge is 0.493 e. The first-order valence-corrected chi connectivity index (χ1v) is 11.1. The summed E-state index contributed by atoms with van der Waals surface area (Å²) in [6.07, 6.45) is 4.73. The van der Waals surface area contributed by atoms with Gasteiger partial charge in [-0.15, -0.1) is 0 Å². The zero-order chi connectivity index (χ0) is 22.6. The van der Waals surface area contributed by atoms with Gasteiger partial charge in [0.2, 0.25) is 11.5 Å². The first-order chi connectivity index (χ1) is 16.1. The van der Waals surface area contributed by atoms with Gasteiger partial charge in [0.25, 0.3) is 0 Å². The summed E-state index contributed by atoms with van der Waals surface area (Å²) in [4.78, 5) is 24.7. The lowest BCUT2D eigenvalue weighted by Crippen LogP contribution is -2.09. The zero-order valence-electron chi connectivity index (χ0n) is 18.0. The van der Waals surface area contributed by atoms with Crippen LogP contribution in [0.1, 0.15) is 45.9 Å². The highest BCUT2D eigenvalue weighted by Gasteiger charge is 2.23. The lowest BCUT2D eigenvalue weighted by atomic mass is 10.1. The van der Waals surface area contributed by atoms with Gasteiger partial charge in [-0.1, -0.05) is 12.1 Å². The molecular formula is C26H24O7. The molecule has 170 valence electrons. The van der Waals surface area contributed by atoms with Crippen LogP contribution in [0.15, 0.2) is 65.1 Å². The highest BCUT2D eigenvalue weighted by atomic mass is 16.6. The van der Waals surface area contributed by atoms with E-state index in [2.05, 4.69) is 0 Å². The Kier molecular flexibility index (Phi) is 6.13. The van der Waals surface area contributed by atoms with E-state index < -0.39 is 11.9 Å². The second-order valence-corrected chi connectivity index (χ2v) is 8.31. The minimum atomic E-state index is -0.704. The van der Waals surface area contributed by atoms with Crippen molar-refractivity contribution in [3.63, 3.8) is 0 Å². The summed E-state index contributed by atoms with van der Waals surface area (Å²) in [6.45, 7) is 1.56. The minimum absolute atomic E-state index is 0.0827. The third-order valence-electron chi connectivity index (χ3n) is 5.52. The lowest BCUT2D eigenvalue weighted by molar-refractivity contribution is 0.0670. The van der Waals surface area contributed by atoms with Gasteiger partial charge >= 0.3 is 11.9 Å². The molecule has 2 aromatic carbocycles. The van der Waals surface area contributed by atoms with Crippen LogP contribution in [0.3, 0.4) is 0 Å². The van der Waals surface area contributed by atoms with Crippen molar-refractivity contribution in [2.75, 3.05) is 13.2 Å². The Balaban J connectivity index is 1.12. The molecule has 0 amide bonds. The van der Waals surface area contributed by atoms with E-state index in [0.717, 1.165) is 30.8 Å². The van der Waals surface area contributed by atoms with Gasteiger partial charge in [-0.05, 0) is 85.7 Å². The molecule has 5 rings (SSSR count). The van der Waals surface area contributed by atoms with Crippen LogP contribution in [0.2, 0.25) is 0 Å². The molecule has 1 saturated carbocycles. The molecule has 2 heterocycles.